The number of rotatable bonds is 3. The molecule has 0 N–H and O–H groups in total. The maximum absolute atomic E-state index is 6.60. The quantitative estimate of drug-likeness (QED) is 0.234. The molecule has 4 aromatic carbocycles. The van der Waals surface area contributed by atoms with Crippen molar-refractivity contribution in [3.8, 4) is 11.3 Å². The van der Waals surface area contributed by atoms with Crippen LogP contribution in [0.2, 0.25) is 0 Å². The maximum Gasteiger partial charge on any atom is 0.224 e. The van der Waals surface area contributed by atoms with E-state index >= 15 is 0 Å². The topological polar surface area (TPSA) is 30.2 Å². The predicted molar refractivity (Wildman–Crippen MR) is 153 cm³/mol. The molecule has 0 unspecified atom stereocenters. The molecular formula is C34H30NO2+. The molecule has 0 radical (unpaired) electrons. The van der Waals surface area contributed by atoms with Crippen molar-refractivity contribution in [1.82, 2.24) is 0 Å². The average Bonchev–Trinajstić information content (AvgIpc) is 3.44. The molecular weight excluding hydrogens is 454 g/mol. The lowest BCUT2D eigenvalue weighted by Gasteiger charge is -2.14. The van der Waals surface area contributed by atoms with Gasteiger partial charge in [-0.3, -0.25) is 0 Å². The van der Waals surface area contributed by atoms with Gasteiger partial charge in [-0.2, -0.15) is 4.57 Å². The van der Waals surface area contributed by atoms with Crippen molar-refractivity contribution in [2.24, 2.45) is 13.0 Å². The van der Waals surface area contributed by atoms with Gasteiger partial charge in [0, 0.05) is 39.4 Å². The Morgan fingerprint density at radius 2 is 1.27 bits per heavy atom. The van der Waals surface area contributed by atoms with Crippen molar-refractivity contribution < 1.29 is 13.4 Å². The number of fused-ring (bicyclic) bond motifs is 8. The molecule has 0 bridgehead atoms. The Hall–Kier alpha value is -4.11. The normalized spacial score (nSPS) is 12.3. The molecule has 0 saturated carbocycles. The van der Waals surface area contributed by atoms with Crippen LogP contribution in [-0.2, 0) is 13.5 Å². The van der Waals surface area contributed by atoms with E-state index in [0.717, 1.165) is 50.3 Å². The van der Waals surface area contributed by atoms with Gasteiger partial charge in [0.1, 0.15) is 29.4 Å². The first-order valence-corrected chi connectivity index (χ1v) is 13.1. The Morgan fingerprint density at radius 1 is 0.676 bits per heavy atom. The minimum atomic E-state index is 0.524. The third-order valence-corrected chi connectivity index (χ3v) is 7.96. The second-order valence-electron chi connectivity index (χ2n) is 10.8. The van der Waals surface area contributed by atoms with Gasteiger partial charge in [0.2, 0.25) is 5.69 Å². The van der Waals surface area contributed by atoms with E-state index < -0.39 is 0 Å². The van der Waals surface area contributed by atoms with Gasteiger partial charge in [-0.15, -0.1) is 0 Å². The number of hydrogen-bond acceptors (Lipinski definition) is 2. The van der Waals surface area contributed by atoms with Gasteiger partial charge in [0.25, 0.3) is 0 Å². The second kappa shape index (κ2) is 7.94. The van der Waals surface area contributed by atoms with Gasteiger partial charge in [-0.05, 0) is 61.2 Å². The van der Waals surface area contributed by atoms with Crippen LogP contribution in [0.4, 0.5) is 0 Å². The Labute approximate surface area is 215 Å². The summed E-state index contributed by atoms with van der Waals surface area (Å²) in [5, 5.41) is 6.98. The number of benzene rings is 4. The van der Waals surface area contributed by atoms with E-state index in [1.54, 1.807) is 0 Å². The number of nitrogens with zero attached hydrogens (tertiary/aromatic N) is 1. The zero-order valence-electron chi connectivity index (χ0n) is 22.0. The average molecular weight is 485 g/mol. The van der Waals surface area contributed by atoms with Crippen molar-refractivity contribution in [3.63, 3.8) is 0 Å². The zero-order valence-corrected chi connectivity index (χ0v) is 22.0. The third kappa shape index (κ3) is 3.16. The summed E-state index contributed by atoms with van der Waals surface area (Å²) in [5.41, 5.74) is 9.90. The van der Waals surface area contributed by atoms with Gasteiger partial charge < -0.3 is 8.83 Å². The van der Waals surface area contributed by atoms with Crippen LogP contribution in [0.1, 0.15) is 30.7 Å². The highest BCUT2D eigenvalue weighted by Gasteiger charge is 2.28. The Morgan fingerprint density at radius 3 is 1.97 bits per heavy atom. The minimum Gasteiger partial charge on any atom is -0.455 e. The Balaban J connectivity index is 1.69. The lowest BCUT2D eigenvalue weighted by molar-refractivity contribution is -0.667. The summed E-state index contributed by atoms with van der Waals surface area (Å²) in [5.74, 6) is 0.524. The van der Waals surface area contributed by atoms with E-state index in [-0.39, 0.29) is 0 Å². The molecule has 7 rings (SSSR count). The van der Waals surface area contributed by atoms with Crippen LogP contribution in [0.25, 0.3) is 65.9 Å². The fourth-order valence-corrected chi connectivity index (χ4v) is 6.04. The standard InChI is InChI=1S/C34H30NO2/c1-19(2)16-22-18-28-25(14-15-26-23-10-6-8-12-29(23)36-33(26)28)32(35(22)5)31-21(4)20(3)17-27-24-11-7-9-13-30(24)37-34(27)31/h6-15,17-19H,16H2,1-5H3/q+1. The van der Waals surface area contributed by atoms with Gasteiger partial charge in [0.15, 0.2) is 5.69 Å². The number of aromatic nitrogens is 1. The molecule has 0 fully saturated rings. The number of hydrogen-bond donors (Lipinski definition) is 0. The molecule has 0 aliphatic rings. The second-order valence-corrected chi connectivity index (χ2v) is 10.8. The molecule has 7 aromatic rings. The van der Waals surface area contributed by atoms with Crippen molar-refractivity contribution in [1.29, 1.82) is 0 Å². The predicted octanol–water partition coefficient (Wildman–Crippen LogP) is 8.95. The summed E-state index contributed by atoms with van der Waals surface area (Å²) in [4.78, 5) is 0. The van der Waals surface area contributed by atoms with Crippen LogP contribution in [0.3, 0.4) is 0 Å². The van der Waals surface area contributed by atoms with Crippen LogP contribution < -0.4 is 4.57 Å². The first kappa shape index (κ1) is 22.1. The van der Waals surface area contributed by atoms with Crippen LogP contribution in [0, 0.1) is 19.8 Å². The summed E-state index contributed by atoms with van der Waals surface area (Å²) < 4.78 is 15.5. The lowest BCUT2D eigenvalue weighted by Crippen LogP contribution is -2.37. The van der Waals surface area contributed by atoms with Gasteiger partial charge >= 0.3 is 0 Å². The molecule has 3 nitrogen and oxygen atoms in total. The van der Waals surface area contributed by atoms with Crippen LogP contribution in [0.5, 0.6) is 0 Å². The zero-order chi connectivity index (χ0) is 25.4. The first-order chi connectivity index (χ1) is 17.9. The summed E-state index contributed by atoms with van der Waals surface area (Å²) in [7, 11) is 2.20. The lowest BCUT2D eigenvalue weighted by atomic mass is 9.92. The van der Waals surface area contributed by atoms with Gasteiger partial charge in [0.05, 0.1) is 10.9 Å². The Kier molecular flexibility index (Phi) is 4.75. The van der Waals surface area contributed by atoms with Crippen LogP contribution in [-0.4, -0.2) is 0 Å². The van der Waals surface area contributed by atoms with E-state index in [1.807, 2.05) is 12.1 Å². The molecule has 182 valence electrons. The number of pyridine rings is 1. The fraction of sp³-hybridized carbons (Fsp3) is 0.206. The molecule has 0 atom stereocenters. The van der Waals surface area contributed by atoms with Gasteiger partial charge in [-0.1, -0.05) is 50.2 Å². The van der Waals surface area contributed by atoms with E-state index in [1.165, 1.54) is 38.9 Å². The Bertz CT molecular complexity index is 2020. The highest BCUT2D eigenvalue weighted by atomic mass is 16.3. The van der Waals surface area contributed by atoms with E-state index in [2.05, 4.69) is 100.0 Å². The summed E-state index contributed by atoms with van der Waals surface area (Å²) in [6.45, 7) is 8.98. The maximum atomic E-state index is 6.60. The van der Waals surface area contributed by atoms with E-state index in [9.17, 15) is 0 Å². The van der Waals surface area contributed by atoms with Crippen molar-refractivity contribution >= 4 is 54.6 Å². The monoisotopic (exact) mass is 484 g/mol. The molecule has 3 heterocycles. The van der Waals surface area contributed by atoms with E-state index in [0.29, 0.717) is 5.92 Å². The van der Waals surface area contributed by atoms with Crippen molar-refractivity contribution in [3.05, 3.63) is 89.6 Å². The highest BCUT2D eigenvalue weighted by molar-refractivity contribution is 6.18. The summed E-state index contributed by atoms with van der Waals surface area (Å²) in [6.07, 6.45) is 0.976. The van der Waals surface area contributed by atoms with Crippen LogP contribution in [0.15, 0.2) is 81.6 Å². The number of furan rings is 2. The van der Waals surface area contributed by atoms with Crippen molar-refractivity contribution in [2.45, 2.75) is 34.1 Å². The molecule has 0 amide bonds. The molecule has 0 saturated heterocycles. The molecule has 0 aliphatic heterocycles. The summed E-state index contributed by atoms with van der Waals surface area (Å²) in [6, 6.07) is 25.8. The van der Waals surface area contributed by atoms with Crippen molar-refractivity contribution in [2.75, 3.05) is 0 Å². The third-order valence-electron chi connectivity index (χ3n) is 7.96. The van der Waals surface area contributed by atoms with E-state index in [4.69, 9.17) is 8.83 Å². The molecule has 3 aromatic heterocycles. The highest BCUT2D eigenvalue weighted by Crippen LogP contribution is 2.42. The van der Waals surface area contributed by atoms with Crippen LogP contribution >= 0.6 is 0 Å². The molecule has 0 aliphatic carbocycles. The first-order valence-electron chi connectivity index (χ1n) is 13.1. The molecule has 37 heavy (non-hydrogen) atoms. The number of para-hydroxylation sites is 2. The fourth-order valence-electron chi connectivity index (χ4n) is 6.04. The minimum absolute atomic E-state index is 0.524. The molecule has 0 spiro atoms. The van der Waals surface area contributed by atoms with Gasteiger partial charge in [-0.25, -0.2) is 0 Å². The largest absolute Gasteiger partial charge is 0.455 e. The SMILES string of the molecule is Cc1cc2c(oc3ccccc32)c(-c2c3ccc4c5ccccc5oc4c3cc(CC(C)C)[n+]2C)c1C. The smallest absolute Gasteiger partial charge is 0.224 e. The summed E-state index contributed by atoms with van der Waals surface area (Å²) >= 11 is 0. The molecule has 3 heteroatoms. The number of aryl methyl sites for hydroxylation is 1.